The number of nitrogens with zero attached hydrogens (tertiary/aromatic N) is 3. The summed E-state index contributed by atoms with van der Waals surface area (Å²) in [5.41, 5.74) is 2.45. The van der Waals surface area contributed by atoms with Gasteiger partial charge in [-0.2, -0.15) is 4.98 Å². The summed E-state index contributed by atoms with van der Waals surface area (Å²) < 4.78 is 59.2. The van der Waals surface area contributed by atoms with Gasteiger partial charge in [0, 0.05) is 44.5 Å². The van der Waals surface area contributed by atoms with Gasteiger partial charge in [0.1, 0.15) is 17.6 Å². The van der Waals surface area contributed by atoms with Gasteiger partial charge in [0.25, 0.3) is 0 Å². The lowest BCUT2D eigenvalue weighted by Crippen LogP contribution is -2.20. The lowest BCUT2D eigenvalue weighted by atomic mass is 10.1. The Labute approximate surface area is 216 Å². The number of hydrogen-bond acceptors (Lipinski definition) is 9. The summed E-state index contributed by atoms with van der Waals surface area (Å²) >= 11 is 0. The van der Waals surface area contributed by atoms with Crippen molar-refractivity contribution in [3.8, 4) is 5.75 Å². The second-order valence-corrected chi connectivity index (χ2v) is 8.43. The van der Waals surface area contributed by atoms with E-state index in [4.69, 9.17) is 13.9 Å². The Bertz CT molecular complexity index is 1360. The number of alkyl halides is 3. The number of anilines is 2. The van der Waals surface area contributed by atoms with Gasteiger partial charge in [-0.15, -0.1) is 13.2 Å². The quantitative estimate of drug-likeness (QED) is 0.242. The number of oxazole rings is 1. The highest BCUT2D eigenvalue weighted by molar-refractivity contribution is 5.87. The summed E-state index contributed by atoms with van der Waals surface area (Å²) in [4.78, 5) is 20.1. The van der Waals surface area contributed by atoms with Crippen LogP contribution in [0.4, 0.5) is 25.1 Å². The number of ether oxygens (including phenoxy) is 3. The summed E-state index contributed by atoms with van der Waals surface area (Å²) in [6, 6.07) is 9.09. The zero-order valence-electron chi connectivity index (χ0n) is 20.9. The number of methoxy groups -OCH3 is 1. The van der Waals surface area contributed by atoms with Crippen LogP contribution in [0.15, 0.2) is 40.8 Å². The third-order valence-corrected chi connectivity index (χ3v) is 5.77. The number of benzene rings is 2. The predicted octanol–water partition coefficient (Wildman–Crippen LogP) is 4.84. The minimum atomic E-state index is -4.80. The van der Waals surface area contributed by atoms with Gasteiger partial charge in [0.05, 0.1) is 17.6 Å². The van der Waals surface area contributed by atoms with Crippen LogP contribution in [0.3, 0.4) is 0 Å². The highest BCUT2D eigenvalue weighted by Crippen LogP contribution is 2.33. The molecule has 5 rings (SSSR count). The van der Waals surface area contributed by atoms with Crippen LogP contribution in [0, 0.1) is 0 Å². The van der Waals surface area contributed by atoms with Crippen LogP contribution in [0.1, 0.15) is 29.2 Å². The van der Waals surface area contributed by atoms with Gasteiger partial charge in [-0.1, -0.05) is 0 Å². The summed E-state index contributed by atoms with van der Waals surface area (Å²) in [7, 11) is 3.59. The average molecular weight is 536 g/mol. The van der Waals surface area contributed by atoms with E-state index >= 15 is 0 Å². The van der Waals surface area contributed by atoms with Crippen molar-refractivity contribution in [2.24, 2.45) is 0 Å². The largest absolute Gasteiger partial charge is 0.573 e. The molecule has 2 N–H and O–H groups in total. The third-order valence-electron chi connectivity index (χ3n) is 5.77. The van der Waals surface area contributed by atoms with E-state index in [1.807, 2.05) is 17.7 Å². The van der Waals surface area contributed by atoms with E-state index in [1.165, 1.54) is 12.1 Å². The van der Waals surface area contributed by atoms with Crippen molar-refractivity contribution < 1.29 is 36.6 Å². The standard InChI is InChI=1S/C21H17F3N4O4.C4H11NO/c22-21(23,24)32-14-2-3-15-18(10-14)31-20(26-15)27-19-25-16-9-12(11-29)1-4-17(16)28(19)13-5-7-30-8-6-13;1-5-3-4-6-2/h1-4,9-11,13H,5-8H2,(H,25,26,27);5H,3-4H2,1-2H3. The maximum Gasteiger partial charge on any atom is 0.573 e. The summed E-state index contributed by atoms with van der Waals surface area (Å²) in [6.07, 6.45) is -2.49. The number of fused-ring (bicyclic) bond motifs is 2. The van der Waals surface area contributed by atoms with Crippen LogP contribution in [0.2, 0.25) is 0 Å². The maximum atomic E-state index is 12.5. The minimum Gasteiger partial charge on any atom is -0.423 e. The number of rotatable bonds is 8. The van der Waals surface area contributed by atoms with Gasteiger partial charge in [-0.05, 0) is 50.2 Å². The fraction of sp³-hybridized carbons (Fsp3) is 0.400. The molecular formula is C25H28F3N5O5. The van der Waals surface area contributed by atoms with Crippen molar-refractivity contribution in [3.05, 3.63) is 42.0 Å². The molecule has 1 fully saturated rings. The SMILES string of the molecule is CNCCOC.O=Cc1ccc2c(c1)nc(Nc1nc3ccc(OC(F)(F)F)cc3o1)n2C1CCOCC1. The Balaban J connectivity index is 0.000000505. The average Bonchev–Trinajstić information content (AvgIpc) is 3.46. The van der Waals surface area contributed by atoms with Gasteiger partial charge in [0.2, 0.25) is 5.95 Å². The first-order chi connectivity index (χ1) is 18.3. The van der Waals surface area contributed by atoms with Gasteiger partial charge in [0.15, 0.2) is 5.58 Å². The number of carbonyl (C=O) groups excluding carboxylic acids is 1. The summed E-state index contributed by atoms with van der Waals surface area (Å²) in [5.74, 6) is 0.0526. The van der Waals surface area contributed by atoms with E-state index in [2.05, 4.69) is 25.3 Å². The molecule has 0 unspecified atom stereocenters. The normalized spacial score (nSPS) is 14.3. The van der Waals surface area contributed by atoms with Crippen molar-refractivity contribution in [2.45, 2.75) is 25.2 Å². The van der Waals surface area contributed by atoms with Crippen molar-refractivity contribution >= 4 is 40.4 Å². The number of hydrogen-bond donors (Lipinski definition) is 2. The molecule has 0 radical (unpaired) electrons. The van der Waals surface area contributed by atoms with Crippen molar-refractivity contribution in [3.63, 3.8) is 0 Å². The van der Waals surface area contributed by atoms with Crippen LogP contribution in [0.5, 0.6) is 5.75 Å². The van der Waals surface area contributed by atoms with Gasteiger partial charge >= 0.3 is 12.4 Å². The molecule has 0 saturated carbocycles. The molecule has 2 aromatic carbocycles. The smallest absolute Gasteiger partial charge is 0.423 e. The number of likely N-dealkylation sites (N-methyl/N-ethyl adjacent to an activating group) is 1. The van der Waals surface area contributed by atoms with E-state index in [1.54, 1.807) is 19.2 Å². The molecule has 3 heterocycles. The molecule has 0 spiro atoms. The van der Waals surface area contributed by atoms with Gasteiger partial charge in [-0.25, -0.2) is 4.98 Å². The van der Waals surface area contributed by atoms with Crippen LogP contribution in [-0.4, -0.2) is 67.7 Å². The Kier molecular flexibility index (Phi) is 8.81. The molecular weight excluding hydrogens is 507 g/mol. The van der Waals surface area contributed by atoms with Gasteiger partial charge < -0.3 is 28.5 Å². The van der Waals surface area contributed by atoms with Gasteiger partial charge in [-0.3, -0.25) is 10.1 Å². The molecule has 13 heteroatoms. The number of nitrogens with one attached hydrogen (secondary N) is 2. The molecule has 0 atom stereocenters. The van der Waals surface area contributed by atoms with Crippen LogP contribution in [-0.2, 0) is 9.47 Å². The van der Waals surface area contributed by atoms with Crippen LogP contribution < -0.4 is 15.4 Å². The minimum absolute atomic E-state index is 0.0726. The molecule has 4 aromatic rings. The molecule has 2 aromatic heterocycles. The number of aromatic nitrogens is 3. The molecule has 1 aliphatic rings. The van der Waals surface area contributed by atoms with Crippen molar-refractivity contribution in [2.75, 3.05) is 45.8 Å². The van der Waals surface area contributed by atoms with Crippen LogP contribution in [0.25, 0.3) is 22.1 Å². The fourth-order valence-corrected chi connectivity index (χ4v) is 4.05. The highest BCUT2D eigenvalue weighted by atomic mass is 19.4. The second-order valence-electron chi connectivity index (χ2n) is 8.43. The maximum absolute atomic E-state index is 12.5. The molecule has 1 aliphatic heterocycles. The zero-order chi connectivity index (χ0) is 27.1. The van der Waals surface area contributed by atoms with Crippen LogP contribution >= 0.6 is 0 Å². The lowest BCUT2D eigenvalue weighted by Gasteiger charge is -2.25. The highest BCUT2D eigenvalue weighted by Gasteiger charge is 2.31. The third kappa shape index (κ3) is 6.79. The summed E-state index contributed by atoms with van der Waals surface area (Å²) in [5, 5.41) is 5.98. The first-order valence-corrected chi connectivity index (χ1v) is 11.9. The Morgan fingerprint density at radius 1 is 1.13 bits per heavy atom. The van der Waals surface area contributed by atoms with E-state index in [9.17, 15) is 18.0 Å². The fourth-order valence-electron chi connectivity index (χ4n) is 4.05. The first kappa shape index (κ1) is 27.4. The number of imidazole rings is 1. The number of carbonyl (C=O) groups is 1. The lowest BCUT2D eigenvalue weighted by molar-refractivity contribution is -0.274. The Hall–Kier alpha value is -3.68. The molecule has 10 nitrogen and oxygen atoms in total. The molecule has 0 amide bonds. The molecule has 1 saturated heterocycles. The zero-order valence-corrected chi connectivity index (χ0v) is 20.9. The number of halogens is 3. The van der Waals surface area contributed by atoms with E-state index in [0.717, 1.165) is 43.9 Å². The summed E-state index contributed by atoms with van der Waals surface area (Å²) in [6.45, 7) is 2.97. The number of aldehydes is 1. The first-order valence-electron chi connectivity index (χ1n) is 11.9. The van der Waals surface area contributed by atoms with E-state index < -0.39 is 12.1 Å². The molecule has 0 bridgehead atoms. The molecule has 38 heavy (non-hydrogen) atoms. The Morgan fingerprint density at radius 2 is 1.92 bits per heavy atom. The van der Waals surface area contributed by atoms with E-state index in [0.29, 0.717) is 35.8 Å². The second kappa shape index (κ2) is 12.2. The molecule has 0 aliphatic carbocycles. The van der Waals surface area contributed by atoms with E-state index in [-0.39, 0.29) is 17.6 Å². The Morgan fingerprint density at radius 3 is 2.58 bits per heavy atom. The molecule has 204 valence electrons. The topological polar surface area (TPSA) is 113 Å². The van der Waals surface area contributed by atoms with Crippen molar-refractivity contribution in [1.29, 1.82) is 0 Å². The van der Waals surface area contributed by atoms with Crippen molar-refractivity contribution in [1.82, 2.24) is 19.9 Å². The monoisotopic (exact) mass is 535 g/mol. The predicted molar refractivity (Wildman–Crippen MR) is 134 cm³/mol.